The van der Waals surface area contributed by atoms with Crippen LogP contribution in [0.15, 0.2) is 48.0 Å². The maximum Gasteiger partial charge on any atom is 0.312 e. The Labute approximate surface area is 204 Å². The van der Waals surface area contributed by atoms with Crippen LogP contribution in [0.3, 0.4) is 0 Å². The number of carbonyl (C=O) groups excluding carboxylic acids is 1. The molecule has 0 aliphatic carbocycles. The number of benzene rings is 1. The number of ether oxygens (including phenoxy) is 1. The minimum Gasteiger partial charge on any atom is -0.469 e. The third-order valence-corrected chi connectivity index (χ3v) is 6.86. The van der Waals surface area contributed by atoms with Gasteiger partial charge in [0, 0.05) is 44.5 Å². The topological polar surface area (TPSA) is 67.3 Å². The Bertz CT molecular complexity index is 1200. The third kappa shape index (κ3) is 5.34. The standard InChI is InChI=1S/C24H26ClFN4O2S/c1-16-13-24(22(31)32-2,9-11-30(16)15-17-5-3-7-19(25)21(17)26)14-18-6-4-8-20(28-18)29-23-27-10-12-33-23/h3-8,10,12,16H,9,11,13-15H2,1-2H3,(H,27,28,29)/i15D2. The molecule has 9 heteroatoms. The van der Waals surface area contributed by atoms with Crippen molar-refractivity contribution in [3.8, 4) is 0 Å². The fraction of sp³-hybridized carbons (Fsp3) is 0.375. The minimum absolute atomic E-state index is 0.120. The molecular weight excluding hydrogens is 463 g/mol. The normalized spacial score (nSPS) is 22.4. The average molecular weight is 491 g/mol. The highest BCUT2D eigenvalue weighted by Gasteiger charge is 2.45. The summed E-state index contributed by atoms with van der Waals surface area (Å²) in [4.78, 5) is 23.5. The van der Waals surface area contributed by atoms with E-state index in [0.29, 0.717) is 30.8 Å². The molecule has 3 aromatic rings. The molecule has 0 saturated carbocycles. The van der Waals surface area contributed by atoms with Crippen molar-refractivity contribution in [3.63, 3.8) is 0 Å². The van der Waals surface area contributed by atoms with Gasteiger partial charge in [-0.2, -0.15) is 0 Å². The van der Waals surface area contributed by atoms with Gasteiger partial charge in [0.15, 0.2) is 5.13 Å². The lowest BCUT2D eigenvalue weighted by Crippen LogP contribution is -2.50. The van der Waals surface area contributed by atoms with Crippen LogP contribution in [0, 0.1) is 11.2 Å². The molecule has 1 fully saturated rings. The predicted molar refractivity (Wildman–Crippen MR) is 128 cm³/mol. The van der Waals surface area contributed by atoms with Crippen LogP contribution in [-0.2, 0) is 22.4 Å². The second-order valence-corrected chi connectivity index (χ2v) is 9.44. The lowest BCUT2D eigenvalue weighted by Gasteiger charge is -2.44. The highest BCUT2D eigenvalue weighted by molar-refractivity contribution is 7.13. The van der Waals surface area contributed by atoms with Crippen molar-refractivity contribution in [1.82, 2.24) is 14.9 Å². The Hall–Kier alpha value is -2.55. The van der Waals surface area contributed by atoms with E-state index in [9.17, 15) is 9.18 Å². The molecule has 0 bridgehead atoms. The first-order valence-corrected chi connectivity index (χ1v) is 11.8. The number of rotatable bonds is 7. The Morgan fingerprint density at radius 2 is 2.24 bits per heavy atom. The van der Waals surface area contributed by atoms with Gasteiger partial charge < -0.3 is 10.1 Å². The molecule has 0 spiro atoms. The van der Waals surface area contributed by atoms with Crippen LogP contribution < -0.4 is 5.32 Å². The van der Waals surface area contributed by atoms with E-state index in [1.54, 1.807) is 11.1 Å². The number of nitrogens with one attached hydrogen (secondary N) is 1. The molecule has 2 atom stereocenters. The largest absolute Gasteiger partial charge is 0.469 e. The van der Waals surface area contributed by atoms with Gasteiger partial charge in [-0.1, -0.05) is 29.8 Å². The van der Waals surface area contributed by atoms with Crippen LogP contribution >= 0.6 is 22.9 Å². The third-order valence-electron chi connectivity index (χ3n) is 5.88. The van der Waals surface area contributed by atoms with Crippen molar-refractivity contribution in [2.45, 2.75) is 38.7 Å². The highest BCUT2D eigenvalue weighted by Crippen LogP contribution is 2.40. The number of thiazole rings is 1. The van der Waals surface area contributed by atoms with Crippen molar-refractivity contribution in [3.05, 3.63) is 70.1 Å². The van der Waals surface area contributed by atoms with E-state index in [-0.39, 0.29) is 29.1 Å². The van der Waals surface area contributed by atoms with E-state index in [4.69, 9.17) is 19.1 Å². The maximum absolute atomic E-state index is 14.7. The number of likely N-dealkylation sites (tertiary alicyclic amines) is 1. The van der Waals surface area contributed by atoms with Gasteiger partial charge in [-0.15, -0.1) is 11.3 Å². The Kier molecular flexibility index (Phi) is 6.47. The minimum atomic E-state index is -2.10. The number of aromatic nitrogens is 2. The molecule has 6 nitrogen and oxygen atoms in total. The summed E-state index contributed by atoms with van der Waals surface area (Å²) in [5.74, 6) is -0.515. The van der Waals surface area contributed by atoms with Crippen molar-refractivity contribution in [2.75, 3.05) is 19.0 Å². The van der Waals surface area contributed by atoms with Gasteiger partial charge in [0.2, 0.25) is 0 Å². The molecule has 33 heavy (non-hydrogen) atoms. The van der Waals surface area contributed by atoms with Gasteiger partial charge in [0.05, 0.1) is 17.5 Å². The molecule has 1 aromatic carbocycles. The van der Waals surface area contributed by atoms with Gasteiger partial charge in [0.1, 0.15) is 11.6 Å². The predicted octanol–water partition coefficient (Wildman–Crippen LogP) is 5.46. The van der Waals surface area contributed by atoms with Gasteiger partial charge >= 0.3 is 5.97 Å². The second kappa shape index (κ2) is 10.2. The lowest BCUT2D eigenvalue weighted by atomic mass is 9.72. The van der Waals surface area contributed by atoms with E-state index in [1.165, 1.54) is 36.6 Å². The van der Waals surface area contributed by atoms with Crippen molar-refractivity contribution in [1.29, 1.82) is 0 Å². The first-order chi connectivity index (χ1) is 16.7. The van der Waals surface area contributed by atoms with Gasteiger partial charge in [0.25, 0.3) is 0 Å². The summed E-state index contributed by atoms with van der Waals surface area (Å²) in [5.41, 5.74) is -0.299. The molecule has 1 N–H and O–H groups in total. The maximum atomic E-state index is 14.7. The molecule has 4 rings (SSSR count). The van der Waals surface area contributed by atoms with Crippen molar-refractivity contribution >= 4 is 39.9 Å². The van der Waals surface area contributed by atoms with E-state index in [0.717, 1.165) is 5.13 Å². The van der Waals surface area contributed by atoms with Gasteiger partial charge in [-0.05, 0) is 44.5 Å². The summed E-state index contributed by atoms with van der Waals surface area (Å²) < 4.78 is 37.3. The number of anilines is 2. The zero-order chi connectivity index (χ0) is 25.2. The quantitative estimate of drug-likeness (QED) is 0.443. The molecule has 1 aliphatic rings. The van der Waals surface area contributed by atoms with Gasteiger partial charge in [-0.25, -0.2) is 14.4 Å². The van der Waals surface area contributed by atoms with Crippen LogP contribution in [0.5, 0.6) is 0 Å². The molecule has 2 unspecified atom stereocenters. The second-order valence-electron chi connectivity index (χ2n) is 8.13. The molecule has 1 aliphatic heterocycles. The number of nitrogens with zero attached hydrogens (tertiary/aromatic N) is 3. The summed E-state index contributed by atoms with van der Waals surface area (Å²) in [6.45, 7) is -0.0379. The number of halogens is 2. The fourth-order valence-corrected chi connectivity index (χ4v) is 4.98. The zero-order valence-corrected chi connectivity index (χ0v) is 19.9. The Morgan fingerprint density at radius 3 is 2.97 bits per heavy atom. The highest BCUT2D eigenvalue weighted by atomic mass is 35.5. The molecule has 0 amide bonds. The first kappa shape index (κ1) is 21.0. The number of carbonyl (C=O) groups is 1. The molecule has 1 saturated heterocycles. The number of hydrogen-bond donors (Lipinski definition) is 1. The number of hydrogen-bond acceptors (Lipinski definition) is 7. The number of methoxy groups -OCH3 is 1. The van der Waals surface area contributed by atoms with Crippen LogP contribution in [0.2, 0.25) is 5.02 Å². The molecule has 3 heterocycles. The van der Waals surface area contributed by atoms with E-state index in [2.05, 4.69) is 15.3 Å². The smallest absolute Gasteiger partial charge is 0.312 e. The summed E-state index contributed by atoms with van der Waals surface area (Å²) in [6.07, 6.45) is 2.69. The Balaban J connectivity index is 1.57. The van der Waals surface area contributed by atoms with Crippen molar-refractivity contribution in [2.24, 2.45) is 5.41 Å². The van der Waals surface area contributed by atoms with Crippen molar-refractivity contribution < 1.29 is 16.7 Å². The summed E-state index contributed by atoms with van der Waals surface area (Å²) in [5, 5.41) is 5.61. The summed E-state index contributed by atoms with van der Waals surface area (Å²) in [7, 11) is 1.36. The molecule has 0 radical (unpaired) electrons. The lowest BCUT2D eigenvalue weighted by molar-refractivity contribution is -0.157. The SMILES string of the molecule is [2H]C([2H])(c1cccc(Cl)c1F)N1CCC(Cc2cccc(Nc3nccs3)n2)(C(=O)OC)CC1C. The summed E-state index contributed by atoms with van der Waals surface area (Å²) in [6, 6.07) is 9.49. The Morgan fingerprint density at radius 1 is 1.42 bits per heavy atom. The van der Waals surface area contributed by atoms with Crippen LogP contribution in [0.4, 0.5) is 15.3 Å². The van der Waals surface area contributed by atoms with E-state index >= 15 is 0 Å². The first-order valence-electron chi connectivity index (χ1n) is 11.6. The monoisotopic (exact) mass is 490 g/mol. The number of pyridine rings is 1. The molecule has 174 valence electrons. The molecule has 2 aromatic heterocycles. The van der Waals surface area contributed by atoms with Crippen LogP contribution in [-0.4, -0.2) is 40.5 Å². The van der Waals surface area contributed by atoms with Gasteiger partial charge in [-0.3, -0.25) is 9.69 Å². The number of esters is 1. The van der Waals surface area contributed by atoms with E-state index < -0.39 is 17.7 Å². The fourth-order valence-electron chi connectivity index (χ4n) is 4.27. The zero-order valence-electron chi connectivity index (χ0n) is 20.3. The number of piperidine rings is 1. The van der Waals surface area contributed by atoms with Crippen LogP contribution in [0.1, 0.15) is 33.8 Å². The average Bonchev–Trinajstić information content (AvgIpc) is 3.33. The summed E-state index contributed by atoms with van der Waals surface area (Å²) >= 11 is 7.37. The van der Waals surface area contributed by atoms with Crippen LogP contribution in [0.25, 0.3) is 0 Å². The molecular formula is C24H26ClFN4O2S. The van der Waals surface area contributed by atoms with E-state index in [1.807, 2.05) is 30.5 Å².